The maximum Gasteiger partial charge on any atom is 2.00 e. The molecule has 2 aromatic rings. The summed E-state index contributed by atoms with van der Waals surface area (Å²) < 4.78 is 0. The minimum Gasteiger partial charge on any atom is -0.872 e. The average Bonchev–Trinajstić information content (AvgIpc) is 2.89. The van der Waals surface area contributed by atoms with E-state index in [1.807, 2.05) is 0 Å². The van der Waals surface area contributed by atoms with E-state index in [4.69, 9.17) is 19.8 Å². The molecule has 1 radical (unpaired) electrons. The first-order chi connectivity index (χ1) is 21.8. The zero-order valence-electron chi connectivity index (χ0n) is 32.5. The van der Waals surface area contributed by atoms with E-state index in [2.05, 4.69) is 115 Å². The predicted octanol–water partition coefficient (Wildman–Crippen LogP) is 1.68. The molecule has 4 N–H and O–H groups in total. The van der Waals surface area contributed by atoms with Gasteiger partial charge in [-0.15, -0.1) is 0 Å². The number of fused-ring (bicyclic) bond motifs is 4. The number of carbonyl (C=O) groups is 2. The van der Waals surface area contributed by atoms with E-state index >= 15 is 0 Å². The van der Waals surface area contributed by atoms with Crippen molar-refractivity contribution in [3.63, 3.8) is 0 Å². The summed E-state index contributed by atoms with van der Waals surface area (Å²) in [5, 5.41) is 58.9. The van der Waals surface area contributed by atoms with Gasteiger partial charge in [0.25, 0.3) is 0 Å². The van der Waals surface area contributed by atoms with Crippen LogP contribution in [0, 0.1) is 10.8 Å². The predicted molar refractivity (Wildman–Crippen MR) is 191 cm³/mol. The van der Waals surface area contributed by atoms with Crippen molar-refractivity contribution in [2.45, 2.75) is 120 Å². The van der Waals surface area contributed by atoms with Crippen molar-refractivity contribution < 1.29 is 46.8 Å². The molecular formula is C38H60CoMgN4O6. The summed E-state index contributed by atoms with van der Waals surface area (Å²) >= 11 is 0. The molecule has 10 nitrogen and oxygen atoms in total. The summed E-state index contributed by atoms with van der Waals surface area (Å²) in [7, 11) is 0. The summed E-state index contributed by atoms with van der Waals surface area (Å²) in [5.74, 6) is -1.91. The standard InChI is InChI=1S/C34H56N4O2.2C2H4O2.Co.Mg/c1-31(2,3)27-11-23-15-35-19-33(7,8)21-37-17-25-13-28(32(4,5)6)14-26(30(25)40)18-38-22-34(9,10)20-36-16-24(12-27)29(23)39;2*1-2(3)4;;/h11-14,35-40H,15-22H2,1-10H3;2*1H3,(H,3,4);;/q;;;2*+2/p-4. The molecular weight excluding hydrogens is 692 g/mol. The van der Waals surface area contributed by atoms with E-state index < -0.39 is 11.9 Å². The Morgan fingerprint density at radius 1 is 0.560 bits per heavy atom. The van der Waals surface area contributed by atoms with Gasteiger partial charge in [0.05, 0.1) is 0 Å². The largest absolute Gasteiger partial charge is 2.00 e. The molecule has 0 saturated carbocycles. The van der Waals surface area contributed by atoms with Gasteiger partial charge in [0, 0.05) is 64.3 Å². The van der Waals surface area contributed by atoms with E-state index in [0.717, 1.165) is 62.3 Å². The first-order valence-corrected chi connectivity index (χ1v) is 16.7. The topological polar surface area (TPSA) is 174 Å². The fourth-order valence-electron chi connectivity index (χ4n) is 5.17. The third-order valence-corrected chi connectivity index (χ3v) is 7.89. The molecule has 0 amide bonds. The number of carboxylic acid groups (broad SMARTS) is 2. The molecule has 2 aromatic carbocycles. The van der Waals surface area contributed by atoms with Crippen LogP contribution in [0.1, 0.15) is 116 Å². The Balaban J connectivity index is 0. The molecule has 0 saturated heterocycles. The van der Waals surface area contributed by atoms with Gasteiger partial charge in [0.1, 0.15) is 0 Å². The number of carboxylic acids is 2. The van der Waals surface area contributed by atoms with Crippen molar-refractivity contribution in [3.05, 3.63) is 57.6 Å². The third kappa shape index (κ3) is 19.1. The van der Waals surface area contributed by atoms with E-state index in [1.54, 1.807) is 0 Å². The Kier molecular flexibility index (Phi) is 21.7. The van der Waals surface area contributed by atoms with Crippen molar-refractivity contribution >= 4 is 35.0 Å². The summed E-state index contributed by atoms with van der Waals surface area (Å²) in [5.41, 5.74) is 5.48. The molecule has 1 aliphatic heterocycles. The van der Waals surface area contributed by atoms with Crippen molar-refractivity contribution in [2.24, 2.45) is 10.8 Å². The summed E-state index contributed by atoms with van der Waals surface area (Å²) in [6, 6.07) is 8.33. The van der Waals surface area contributed by atoms with E-state index in [9.17, 15) is 10.2 Å². The molecule has 1 heterocycles. The number of nitrogens with one attached hydrogen (secondary N) is 4. The van der Waals surface area contributed by atoms with Crippen LogP contribution in [0.25, 0.3) is 0 Å². The third-order valence-electron chi connectivity index (χ3n) is 7.89. The minimum absolute atomic E-state index is 0. The SMILES string of the molecule is CC(=O)[O-].CC(=O)[O-].CC1(C)CNCc2cc(C(C)(C)C)cc(c2[O-])CNCC(C)(C)CNCc2cc(C(C)(C)C)cc(c2[O-])CNC1.[Co+2].[Mg+2]. The molecule has 0 spiro atoms. The quantitative estimate of drug-likeness (QED) is 0.290. The van der Waals surface area contributed by atoms with E-state index in [1.165, 1.54) is 11.1 Å². The van der Waals surface area contributed by atoms with Crippen LogP contribution in [0.3, 0.4) is 0 Å². The smallest absolute Gasteiger partial charge is 0.872 e. The zero-order valence-corrected chi connectivity index (χ0v) is 34.9. The van der Waals surface area contributed by atoms with Crippen LogP contribution in [0.2, 0.25) is 0 Å². The van der Waals surface area contributed by atoms with Gasteiger partial charge in [-0.25, -0.2) is 0 Å². The first kappa shape index (κ1) is 50.2. The average molecular weight is 752 g/mol. The molecule has 0 atom stereocenters. The maximum absolute atomic E-state index is 13.4. The second kappa shape index (κ2) is 21.6. The fraction of sp³-hybridized carbons (Fsp3) is 0.632. The van der Waals surface area contributed by atoms with E-state index in [0.29, 0.717) is 26.2 Å². The normalized spacial score (nSPS) is 16.7. The Bertz CT molecular complexity index is 1190. The van der Waals surface area contributed by atoms with Crippen LogP contribution in [-0.4, -0.2) is 61.2 Å². The van der Waals surface area contributed by atoms with Gasteiger partial charge in [0.2, 0.25) is 0 Å². The molecule has 50 heavy (non-hydrogen) atoms. The molecule has 279 valence electrons. The molecule has 12 heteroatoms. The molecule has 0 fully saturated rings. The van der Waals surface area contributed by atoms with Crippen molar-refractivity contribution in [1.29, 1.82) is 0 Å². The number of benzene rings is 2. The molecule has 3 rings (SSSR count). The molecule has 0 unspecified atom stereocenters. The van der Waals surface area contributed by atoms with Gasteiger partial charge in [0.15, 0.2) is 0 Å². The minimum atomic E-state index is -1.08. The van der Waals surface area contributed by atoms with Gasteiger partial charge in [-0.2, -0.15) is 0 Å². The molecule has 1 aliphatic rings. The second-order valence-electron chi connectivity index (χ2n) is 16.5. The van der Waals surface area contributed by atoms with Crippen LogP contribution in [-0.2, 0) is 63.4 Å². The van der Waals surface area contributed by atoms with Gasteiger partial charge in [-0.1, -0.05) is 105 Å². The Hall–Kier alpha value is -1.91. The molecule has 0 aromatic heterocycles. The maximum atomic E-state index is 13.4. The zero-order chi connectivity index (χ0) is 37.1. The number of carbonyl (C=O) groups excluding carboxylic acids is 2. The van der Waals surface area contributed by atoms with Crippen molar-refractivity contribution in [3.8, 4) is 11.5 Å². The second-order valence-corrected chi connectivity index (χ2v) is 16.5. The molecule has 0 aliphatic carbocycles. The van der Waals surface area contributed by atoms with Gasteiger partial charge < -0.3 is 51.3 Å². The first-order valence-electron chi connectivity index (χ1n) is 16.7. The Labute approximate surface area is 327 Å². The van der Waals surface area contributed by atoms with Crippen LogP contribution >= 0.6 is 0 Å². The fourth-order valence-corrected chi connectivity index (χ4v) is 5.17. The number of rotatable bonds is 0. The summed E-state index contributed by atoms with van der Waals surface area (Å²) in [6.07, 6.45) is 0. The van der Waals surface area contributed by atoms with Crippen LogP contribution < -0.4 is 41.7 Å². The van der Waals surface area contributed by atoms with Gasteiger partial charge >= 0.3 is 39.8 Å². The van der Waals surface area contributed by atoms with Gasteiger partial charge in [-0.05, 0) is 68.9 Å². The summed E-state index contributed by atoms with van der Waals surface area (Å²) in [6.45, 7) is 29.1. The van der Waals surface area contributed by atoms with Crippen molar-refractivity contribution in [1.82, 2.24) is 21.3 Å². The number of hydrogen-bond acceptors (Lipinski definition) is 10. The van der Waals surface area contributed by atoms with Gasteiger partial charge in [-0.3, -0.25) is 0 Å². The number of aliphatic carboxylic acids is 2. The Morgan fingerprint density at radius 2 is 0.740 bits per heavy atom. The van der Waals surface area contributed by atoms with Crippen LogP contribution in [0.4, 0.5) is 0 Å². The van der Waals surface area contributed by atoms with Crippen LogP contribution in [0.5, 0.6) is 11.5 Å². The van der Waals surface area contributed by atoms with E-state index in [-0.39, 0.29) is 73.0 Å². The monoisotopic (exact) mass is 751 g/mol. The van der Waals surface area contributed by atoms with Crippen LogP contribution in [0.15, 0.2) is 24.3 Å². The Morgan fingerprint density at radius 3 is 0.900 bits per heavy atom. The van der Waals surface area contributed by atoms with Crippen molar-refractivity contribution in [2.75, 3.05) is 26.2 Å². The number of hydrogen-bond donors (Lipinski definition) is 4. The molecule has 4 bridgehead atoms. The summed E-state index contributed by atoms with van der Waals surface area (Å²) in [4.78, 5) is 17.8.